The predicted molar refractivity (Wildman–Crippen MR) is 99.6 cm³/mol. The van der Waals surface area contributed by atoms with E-state index in [9.17, 15) is 4.79 Å². The molecule has 2 aromatic heterocycles. The summed E-state index contributed by atoms with van der Waals surface area (Å²) < 4.78 is 5.94. The van der Waals surface area contributed by atoms with Crippen molar-refractivity contribution in [2.75, 3.05) is 32.1 Å². The number of carbonyl (C=O) groups is 1. The smallest absolute Gasteiger partial charge is 0.254 e. The van der Waals surface area contributed by atoms with E-state index in [1.54, 1.807) is 12.4 Å². The zero-order chi connectivity index (χ0) is 18.1. The molecule has 134 valence electrons. The highest BCUT2D eigenvalue weighted by Crippen LogP contribution is 2.21. The Morgan fingerprint density at radius 3 is 3.04 bits per heavy atom. The number of hydrogen-bond donors (Lipinski definition) is 1. The number of nitrogens with zero attached hydrogens (tertiary/aromatic N) is 4. The van der Waals surface area contributed by atoms with Crippen LogP contribution in [0.15, 0.2) is 42.9 Å². The summed E-state index contributed by atoms with van der Waals surface area (Å²) in [4.78, 5) is 28.2. The molecule has 0 spiro atoms. The number of H-pyrrole nitrogens is 1. The zero-order valence-corrected chi connectivity index (χ0v) is 14.8. The first-order valence-corrected chi connectivity index (χ1v) is 8.62. The van der Waals surface area contributed by atoms with Gasteiger partial charge in [0.05, 0.1) is 18.9 Å². The molecule has 0 radical (unpaired) electrons. The lowest BCUT2D eigenvalue weighted by atomic mass is 10.1. The van der Waals surface area contributed by atoms with Crippen molar-refractivity contribution >= 4 is 22.6 Å². The second kappa shape index (κ2) is 6.67. The highest BCUT2D eigenvalue weighted by molar-refractivity contribution is 5.98. The number of fused-ring (bicyclic) bond motifs is 1. The molecule has 1 aliphatic rings. The molecule has 7 nitrogen and oxygen atoms in total. The van der Waals surface area contributed by atoms with Gasteiger partial charge >= 0.3 is 0 Å². The number of aromatic nitrogens is 3. The van der Waals surface area contributed by atoms with Crippen LogP contribution in [0, 0.1) is 0 Å². The van der Waals surface area contributed by atoms with E-state index in [0.717, 1.165) is 23.1 Å². The van der Waals surface area contributed by atoms with Crippen molar-refractivity contribution in [2.24, 2.45) is 0 Å². The summed E-state index contributed by atoms with van der Waals surface area (Å²) in [5, 5.41) is 1.10. The topological polar surface area (TPSA) is 74.3 Å². The van der Waals surface area contributed by atoms with Gasteiger partial charge in [-0.1, -0.05) is 6.07 Å². The van der Waals surface area contributed by atoms with Crippen molar-refractivity contribution in [1.29, 1.82) is 0 Å². The van der Waals surface area contributed by atoms with E-state index in [2.05, 4.69) is 15.0 Å². The van der Waals surface area contributed by atoms with E-state index in [-0.39, 0.29) is 12.0 Å². The minimum atomic E-state index is -0.0696. The van der Waals surface area contributed by atoms with Crippen molar-refractivity contribution < 1.29 is 9.53 Å². The maximum atomic E-state index is 12.8. The standard InChI is InChI=1S/C19H21N5O2/c1-23(2)17-10-20-11-18(22-17)26-15-6-8-24(12-15)19(25)14-4-3-13-5-7-21-16(13)9-14/h3-5,7,9-11,15,21H,6,8,12H2,1-2H3. The van der Waals surface area contributed by atoms with Crippen molar-refractivity contribution in [3.8, 4) is 5.88 Å². The highest BCUT2D eigenvalue weighted by Gasteiger charge is 2.28. The number of amides is 1. The van der Waals surface area contributed by atoms with Crippen LogP contribution in [0.2, 0.25) is 0 Å². The van der Waals surface area contributed by atoms with Gasteiger partial charge in [-0.05, 0) is 23.6 Å². The maximum Gasteiger partial charge on any atom is 0.254 e. The molecule has 7 heteroatoms. The minimum absolute atomic E-state index is 0.0285. The molecule has 26 heavy (non-hydrogen) atoms. The highest BCUT2D eigenvalue weighted by atomic mass is 16.5. The molecule has 1 aromatic carbocycles. The Balaban J connectivity index is 1.43. The summed E-state index contributed by atoms with van der Waals surface area (Å²) >= 11 is 0. The van der Waals surface area contributed by atoms with E-state index < -0.39 is 0 Å². The summed E-state index contributed by atoms with van der Waals surface area (Å²) in [5.41, 5.74) is 1.66. The van der Waals surface area contributed by atoms with Crippen LogP contribution in [-0.4, -0.2) is 59.0 Å². The number of benzene rings is 1. The quantitative estimate of drug-likeness (QED) is 0.781. The van der Waals surface area contributed by atoms with Crippen molar-refractivity contribution in [2.45, 2.75) is 12.5 Å². The lowest BCUT2D eigenvalue weighted by Crippen LogP contribution is -2.31. The van der Waals surface area contributed by atoms with Gasteiger partial charge in [0.1, 0.15) is 6.10 Å². The van der Waals surface area contributed by atoms with Gasteiger partial charge in [-0.3, -0.25) is 9.78 Å². The fraction of sp³-hybridized carbons (Fsp3) is 0.316. The molecule has 3 aromatic rings. The minimum Gasteiger partial charge on any atom is -0.471 e. The van der Waals surface area contributed by atoms with Gasteiger partial charge < -0.3 is 19.5 Å². The molecular formula is C19H21N5O2. The lowest BCUT2D eigenvalue weighted by Gasteiger charge is -2.18. The van der Waals surface area contributed by atoms with E-state index in [0.29, 0.717) is 24.5 Å². The number of rotatable bonds is 4. The first-order chi connectivity index (χ1) is 12.6. The summed E-state index contributed by atoms with van der Waals surface area (Å²) in [7, 11) is 3.81. The number of hydrogen-bond acceptors (Lipinski definition) is 5. The Morgan fingerprint density at radius 1 is 1.31 bits per heavy atom. The average Bonchev–Trinajstić information content (AvgIpc) is 3.30. The first-order valence-electron chi connectivity index (χ1n) is 8.62. The monoisotopic (exact) mass is 351 g/mol. The first kappa shape index (κ1) is 16.4. The molecule has 0 bridgehead atoms. The normalized spacial score (nSPS) is 16.8. The summed E-state index contributed by atoms with van der Waals surface area (Å²) in [6.07, 6.45) is 5.89. The number of ether oxygens (including phenoxy) is 1. The van der Waals surface area contributed by atoms with Crippen molar-refractivity contribution in [3.63, 3.8) is 0 Å². The van der Waals surface area contributed by atoms with Crippen molar-refractivity contribution in [3.05, 3.63) is 48.4 Å². The van der Waals surface area contributed by atoms with E-state index >= 15 is 0 Å². The van der Waals surface area contributed by atoms with Gasteiger partial charge in [0, 0.05) is 44.3 Å². The van der Waals surface area contributed by atoms with Crippen LogP contribution in [0.1, 0.15) is 16.8 Å². The Labute approximate surface area is 151 Å². The Morgan fingerprint density at radius 2 is 2.19 bits per heavy atom. The molecule has 1 atom stereocenters. The van der Waals surface area contributed by atoms with E-state index in [1.165, 1.54) is 0 Å². The van der Waals surface area contributed by atoms with E-state index in [1.807, 2.05) is 54.4 Å². The molecule has 1 saturated heterocycles. The van der Waals surface area contributed by atoms with Crippen LogP contribution in [-0.2, 0) is 0 Å². The van der Waals surface area contributed by atoms with Crippen LogP contribution in [0.3, 0.4) is 0 Å². The van der Waals surface area contributed by atoms with Crippen molar-refractivity contribution in [1.82, 2.24) is 19.9 Å². The fourth-order valence-corrected chi connectivity index (χ4v) is 3.15. The third-order valence-corrected chi connectivity index (χ3v) is 4.58. The molecule has 1 amide bonds. The molecule has 4 rings (SSSR count). The Hall–Kier alpha value is -3.09. The maximum absolute atomic E-state index is 12.8. The molecular weight excluding hydrogens is 330 g/mol. The second-order valence-corrected chi connectivity index (χ2v) is 6.67. The summed E-state index contributed by atoms with van der Waals surface area (Å²) in [6, 6.07) is 7.73. The zero-order valence-electron chi connectivity index (χ0n) is 14.8. The van der Waals surface area contributed by atoms with Crippen LogP contribution >= 0.6 is 0 Å². The van der Waals surface area contributed by atoms with Crippen LogP contribution < -0.4 is 9.64 Å². The van der Waals surface area contributed by atoms with Gasteiger partial charge in [0.15, 0.2) is 5.82 Å². The van der Waals surface area contributed by atoms with E-state index in [4.69, 9.17) is 4.74 Å². The van der Waals surface area contributed by atoms with Crippen LogP contribution in [0.5, 0.6) is 5.88 Å². The molecule has 1 fully saturated rings. The number of aromatic amines is 1. The average molecular weight is 351 g/mol. The molecule has 3 heterocycles. The van der Waals surface area contributed by atoms with Gasteiger partial charge in [-0.2, -0.15) is 4.98 Å². The van der Waals surface area contributed by atoms with Gasteiger partial charge in [0.2, 0.25) is 5.88 Å². The van der Waals surface area contributed by atoms with Crippen LogP contribution in [0.25, 0.3) is 10.9 Å². The lowest BCUT2D eigenvalue weighted by molar-refractivity contribution is 0.0771. The summed E-state index contributed by atoms with van der Waals surface area (Å²) in [6.45, 7) is 1.22. The Kier molecular flexibility index (Phi) is 4.20. The fourth-order valence-electron chi connectivity index (χ4n) is 3.15. The van der Waals surface area contributed by atoms with Crippen LogP contribution in [0.4, 0.5) is 5.82 Å². The number of anilines is 1. The second-order valence-electron chi connectivity index (χ2n) is 6.67. The summed E-state index contributed by atoms with van der Waals surface area (Å²) in [5.74, 6) is 1.26. The SMILES string of the molecule is CN(C)c1cncc(OC2CCN(C(=O)c3ccc4cc[nH]c4c3)C2)n1. The third-order valence-electron chi connectivity index (χ3n) is 4.58. The largest absolute Gasteiger partial charge is 0.471 e. The molecule has 1 N–H and O–H groups in total. The Bertz CT molecular complexity index is 936. The molecule has 1 aliphatic heterocycles. The molecule has 0 saturated carbocycles. The van der Waals surface area contributed by atoms with Gasteiger partial charge in [-0.15, -0.1) is 0 Å². The van der Waals surface area contributed by atoms with Gasteiger partial charge in [-0.25, -0.2) is 0 Å². The number of likely N-dealkylation sites (tertiary alicyclic amines) is 1. The number of nitrogens with one attached hydrogen (secondary N) is 1. The van der Waals surface area contributed by atoms with Gasteiger partial charge in [0.25, 0.3) is 5.91 Å². The molecule has 1 unspecified atom stereocenters. The molecule has 0 aliphatic carbocycles. The third kappa shape index (κ3) is 3.20. The predicted octanol–water partition coefficient (Wildman–Crippen LogP) is 2.32. The number of carbonyl (C=O) groups excluding carboxylic acids is 1.